The van der Waals surface area contributed by atoms with Crippen LogP contribution >= 0.6 is 0 Å². The molecule has 0 saturated heterocycles. The van der Waals surface area contributed by atoms with Crippen molar-refractivity contribution in [2.75, 3.05) is 6.61 Å². The van der Waals surface area contributed by atoms with E-state index in [-0.39, 0.29) is 23.8 Å². The standard InChI is InChI=1S/C25H18F6N2O4/c1-3-36-23(35)19(11-32)22(37-14(2)34)20-13-33(21-7-5-4-6-18(20)21)12-15-8-16(24(26,27)28)10-17(9-15)25(29,30)31/h4-10,13H,3,12H2,1-2H3/b22-19-. The molecule has 0 aliphatic heterocycles. The topological polar surface area (TPSA) is 81.3 Å². The zero-order chi connectivity index (χ0) is 27.5. The number of carbonyl (C=O) groups is 2. The molecule has 1 aromatic heterocycles. The molecule has 37 heavy (non-hydrogen) atoms. The van der Waals surface area contributed by atoms with E-state index in [2.05, 4.69) is 0 Å². The van der Waals surface area contributed by atoms with Crippen LogP contribution in [0.5, 0.6) is 0 Å². The molecule has 0 spiro atoms. The van der Waals surface area contributed by atoms with E-state index in [1.54, 1.807) is 18.2 Å². The van der Waals surface area contributed by atoms with Crippen molar-refractivity contribution in [3.8, 4) is 6.07 Å². The van der Waals surface area contributed by atoms with Gasteiger partial charge < -0.3 is 14.0 Å². The Bertz CT molecular complexity index is 1400. The van der Waals surface area contributed by atoms with Crippen LogP contribution in [0.25, 0.3) is 16.7 Å². The average molecular weight is 524 g/mol. The largest absolute Gasteiger partial charge is 0.462 e. The monoisotopic (exact) mass is 524 g/mol. The molecular weight excluding hydrogens is 506 g/mol. The summed E-state index contributed by atoms with van der Waals surface area (Å²) < 4.78 is 91.3. The highest BCUT2D eigenvalue weighted by Crippen LogP contribution is 2.37. The number of rotatable bonds is 6. The summed E-state index contributed by atoms with van der Waals surface area (Å²) in [7, 11) is 0. The fourth-order valence-electron chi connectivity index (χ4n) is 3.64. The van der Waals surface area contributed by atoms with E-state index in [0.29, 0.717) is 23.0 Å². The molecule has 0 atom stereocenters. The number of halogens is 6. The van der Waals surface area contributed by atoms with Gasteiger partial charge in [0.1, 0.15) is 6.07 Å². The summed E-state index contributed by atoms with van der Waals surface area (Å²) >= 11 is 0. The molecule has 0 aliphatic carbocycles. The van der Waals surface area contributed by atoms with Crippen molar-refractivity contribution in [1.29, 1.82) is 5.26 Å². The average Bonchev–Trinajstić information content (AvgIpc) is 3.16. The maximum Gasteiger partial charge on any atom is 0.416 e. The third-order valence-electron chi connectivity index (χ3n) is 5.10. The summed E-state index contributed by atoms with van der Waals surface area (Å²) in [5.41, 5.74) is -3.52. The predicted octanol–water partition coefficient (Wildman–Crippen LogP) is 6.09. The molecule has 3 rings (SSSR count). The number of hydrogen-bond donors (Lipinski definition) is 0. The molecule has 0 unspecified atom stereocenters. The Hall–Kier alpha value is -4.27. The van der Waals surface area contributed by atoms with Crippen molar-refractivity contribution in [2.24, 2.45) is 0 Å². The minimum Gasteiger partial charge on any atom is -0.462 e. The summed E-state index contributed by atoms with van der Waals surface area (Å²) in [6.45, 7) is 1.99. The number of fused-ring (bicyclic) bond motifs is 1. The molecule has 0 saturated carbocycles. The van der Waals surface area contributed by atoms with Crippen LogP contribution in [0.15, 0.2) is 54.2 Å². The van der Waals surface area contributed by atoms with Gasteiger partial charge in [-0.05, 0) is 36.8 Å². The molecule has 2 aromatic carbocycles. The minimum atomic E-state index is -5.02. The number of benzene rings is 2. The summed E-state index contributed by atoms with van der Waals surface area (Å²) in [4.78, 5) is 24.1. The van der Waals surface area contributed by atoms with Gasteiger partial charge in [0.25, 0.3) is 0 Å². The molecule has 0 fully saturated rings. The quantitative estimate of drug-likeness (QED) is 0.128. The van der Waals surface area contributed by atoms with E-state index in [4.69, 9.17) is 9.47 Å². The Morgan fingerprint density at radius 3 is 2.11 bits per heavy atom. The van der Waals surface area contributed by atoms with Gasteiger partial charge in [-0.3, -0.25) is 4.79 Å². The molecule has 3 aromatic rings. The number of aromatic nitrogens is 1. The number of para-hydroxylation sites is 1. The van der Waals surface area contributed by atoms with E-state index in [1.807, 2.05) is 0 Å². The van der Waals surface area contributed by atoms with E-state index in [1.165, 1.54) is 29.8 Å². The highest BCUT2D eigenvalue weighted by molar-refractivity contribution is 6.05. The molecule has 0 aliphatic rings. The lowest BCUT2D eigenvalue weighted by molar-refractivity contribution is -0.143. The van der Waals surface area contributed by atoms with Gasteiger partial charge in [0.15, 0.2) is 11.3 Å². The SMILES string of the molecule is CCOC(=O)/C(C#N)=C(\OC(C)=O)c1cn(Cc2cc(C(F)(F)F)cc(C(F)(F)F)c2)c2ccccc12. The van der Waals surface area contributed by atoms with E-state index < -0.39 is 53.3 Å². The van der Waals surface area contributed by atoms with Crippen LogP contribution in [-0.4, -0.2) is 23.1 Å². The van der Waals surface area contributed by atoms with Gasteiger partial charge in [0, 0.05) is 36.1 Å². The van der Waals surface area contributed by atoms with Crippen molar-refractivity contribution in [1.82, 2.24) is 4.57 Å². The molecule has 6 nitrogen and oxygen atoms in total. The van der Waals surface area contributed by atoms with Crippen LogP contribution < -0.4 is 0 Å². The highest BCUT2D eigenvalue weighted by Gasteiger charge is 2.37. The van der Waals surface area contributed by atoms with Gasteiger partial charge in [0.05, 0.1) is 17.7 Å². The predicted molar refractivity (Wildman–Crippen MR) is 118 cm³/mol. The number of nitriles is 1. The molecule has 0 N–H and O–H groups in total. The first kappa shape index (κ1) is 27.3. The normalized spacial score (nSPS) is 12.6. The second kappa shape index (κ2) is 10.4. The zero-order valence-electron chi connectivity index (χ0n) is 19.3. The van der Waals surface area contributed by atoms with Crippen molar-refractivity contribution < 1.29 is 45.4 Å². The van der Waals surface area contributed by atoms with Crippen molar-refractivity contribution >= 4 is 28.6 Å². The molecule has 0 amide bonds. The Morgan fingerprint density at radius 2 is 1.59 bits per heavy atom. The summed E-state index contributed by atoms with van der Waals surface area (Å²) in [5, 5.41) is 9.89. The maximum atomic E-state index is 13.3. The lowest BCUT2D eigenvalue weighted by Gasteiger charge is -2.15. The van der Waals surface area contributed by atoms with Gasteiger partial charge in [0.2, 0.25) is 0 Å². The lowest BCUT2D eigenvalue weighted by atomic mass is 10.0. The Kier molecular flexibility index (Phi) is 7.66. The van der Waals surface area contributed by atoms with E-state index in [9.17, 15) is 41.2 Å². The number of ether oxygens (including phenoxy) is 2. The molecule has 0 radical (unpaired) electrons. The van der Waals surface area contributed by atoms with Crippen LogP contribution in [0.3, 0.4) is 0 Å². The van der Waals surface area contributed by atoms with Crippen LogP contribution in [0.2, 0.25) is 0 Å². The number of esters is 2. The van der Waals surface area contributed by atoms with Crippen molar-refractivity contribution in [3.63, 3.8) is 0 Å². The molecule has 12 heteroatoms. The number of nitrogens with zero attached hydrogens (tertiary/aromatic N) is 2. The smallest absolute Gasteiger partial charge is 0.416 e. The first-order valence-electron chi connectivity index (χ1n) is 10.6. The summed E-state index contributed by atoms with van der Waals surface area (Å²) in [6, 6.07) is 9.06. The Morgan fingerprint density at radius 1 is 1.00 bits per heavy atom. The Balaban J connectivity index is 2.25. The molecule has 1 heterocycles. The third kappa shape index (κ3) is 6.11. The maximum absolute atomic E-state index is 13.3. The molecule has 194 valence electrons. The lowest BCUT2D eigenvalue weighted by Crippen LogP contribution is -2.13. The second-order valence-electron chi connectivity index (χ2n) is 7.73. The van der Waals surface area contributed by atoms with Crippen LogP contribution in [0.1, 0.15) is 36.1 Å². The molecular formula is C25H18F6N2O4. The number of alkyl halides is 6. The van der Waals surface area contributed by atoms with Crippen LogP contribution in [0.4, 0.5) is 26.3 Å². The van der Waals surface area contributed by atoms with Crippen LogP contribution in [0, 0.1) is 11.3 Å². The van der Waals surface area contributed by atoms with Gasteiger partial charge in [-0.25, -0.2) is 4.79 Å². The summed E-state index contributed by atoms with van der Waals surface area (Å²) in [5.74, 6) is -2.41. The van der Waals surface area contributed by atoms with Crippen molar-refractivity contribution in [2.45, 2.75) is 32.7 Å². The highest BCUT2D eigenvalue weighted by atomic mass is 19.4. The third-order valence-corrected chi connectivity index (χ3v) is 5.10. The molecule has 0 bridgehead atoms. The van der Waals surface area contributed by atoms with Crippen LogP contribution in [-0.2, 0) is 38.0 Å². The van der Waals surface area contributed by atoms with Gasteiger partial charge in [-0.15, -0.1) is 0 Å². The van der Waals surface area contributed by atoms with Gasteiger partial charge in [-0.1, -0.05) is 18.2 Å². The first-order valence-corrected chi connectivity index (χ1v) is 10.6. The van der Waals surface area contributed by atoms with E-state index >= 15 is 0 Å². The van der Waals surface area contributed by atoms with Crippen molar-refractivity contribution in [3.05, 3.63) is 76.5 Å². The van der Waals surface area contributed by atoms with E-state index in [0.717, 1.165) is 6.92 Å². The fraction of sp³-hybridized carbons (Fsp3) is 0.240. The number of hydrogen-bond acceptors (Lipinski definition) is 5. The number of carbonyl (C=O) groups excluding carboxylic acids is 2. The van der Waals surface area contributed by atoms with Gasteiger partial charge >= 0.3 is 24.3 Å². The first-order chi connectivity index (χ1) is 17.3. The minimum absolute atomic E-state index is 0.0305. The summed E-state index contributed by atoms with van der Waals surface area (Å²) in [6.07, 6.45) is -8.77. The Labute approximate surface area is 206 Å². The zero-order valence-corrected chi connectivity index (χ0v) is 19.3. The van der Waals surface area contributed by atoms with Gasteiger partial charge in [-0.2, -0.15) is 31.6 Å². The second-order valence-corrected chi connectivity index (χ2v) is 7.73. The fourth-order valence-corrected chi connectivity index (χ4v) is 3.64.